The van der Waals surface area contributed by atoms with Crippen LogP contribution in [-0.2, 0) is 0 Å². The van der Waals surface area contributed by atoms with Crippen molar-refractivity contribution in [1.29, 1.82) is 5.41 Å². The molecule has 2 heteroatoms. The van der Waals surface area contributed by atoms with E-state index < -0.39 is 0 Å². The molecule has 1 fully saturated rings. The molecule has 1 aliphatic rings. The van der Waals surface area contributed by atoms with E-state index in [-0.39, 0.29) is 0 Å². The minimum absolute atomic E-state index is 0.741. The quantitative estimate of drug-likeness (QED) is 0.578. The molecule has 0 radical (unpaired) electrons. The zero-order chi connectivity index (χ0) is 5.28. The van der Waals surface area contributed by atoms with Crippen LogP contribution in [0.1, 0.15) is 12.8 Å². The van der Waals surface area contributed by atoms with Gasteiger partial charge in [0.05, 0.1) is 0 Å². The molecule has 0 aromatic rings. The van der Waals surface area contributed by atoms with Crippen molar-refractivity contribution in [3.8, 4) is 0 Å². The first-order valence-electron chi connectivity index (χ1n) is 2.62. The van der Waals surface area contributed by atoms with Crippen LogP contribution < -0.4 is 0 Å². The predicted molar refractivity (Wildman–Crippen MR) is 31.0 cm³/mol. The third-order valence-electron chi connectivity index (χ3n) is 1.29. The van der Waals surface area contributed by atoms with Crippen LogP contribution >= 0.6 is 0 Å². The van der Waals surface area contributed by atoms with Gasteiger partial charge in [-0.05, 0) is 0 Å². The molecule has 0 aliphatic heterocycles. The van der Waals surface area contributed by atoms with Crippen LogP contribution in [0.4, 0.5) is 0 Å². The summed E-state index contributed by atoms with van der Waals surface area (Å²) in [5.74, 6) is 0.741. The SMILES string of the molecule is N=C([CH2][Tl])C1CC1. The minimum atomic E-state index is 0.741. The van der Waals surface area contributed by atoms with E-state index in [0.29, 0.717) is 0 Å². The Morgan fingerprint density at radius 1 is 1.71 bits per heavy atom. The van der Waals surface area contributed by atoms with Crippen LogP contribution in [-0.4, -0.2) is 31.5 Å². The van der Waals surface area contributed by atoms with Crippen LogP contribution in [0.2, 0.25) is 3.98 Å². The second-order valence-corrected chi connectivity index (χ2v) is 3.59. The Morgan fingerprint density at radius 2 is 2.29 bits per heavy atom. The first-order valence-corrected chi connectivity index (χ1v) is 5.79. The fourth-order valence-electron chi connectivity index (χ4n) is 0.598. The van der Waals surface area contributed by atoms with Gasteiger partial charge < -0.3 is 0 Å². The normalized spacial score (nSPS) is 19.3. The molecule has 0 heterocycles. The first-order chi connectivity index (χ1) is 3.34. The van der Waals surface area contributed by atoms with Gasteiger partial charge in [-0.1, -0.05) is 0 Å². The summed E-state index contributed by atoms with van der Waals surface area (Å²) in [6, 6.07) is 0. The summed E-state index contributed by atoms with van der Waals surface area (Å²) in [6.07, 6.45) is 2.62. The van der Waals surface area contributed by atoms with E-state index >= 15 is 0 Å². The van der Waals surface area contributed by atoms with Crippen molar-refractivity contribution in [2.45, 2.75) is 16.8 Å². The average Bonchev–Trinajstić information content (AvgIpc) is 2.44. The maximum atomic E-state index is 7.30. The molecular formula is C5H8NTl. The van der Waals surface area contributed by atoms with Crippen LogP contribution in [0.5, 0.6) is 0 Å². The monoisotopic (exact) mass is 287 g/mol. The van der Waals surface area contributed by atoms with Crippen LogP contribution in [0.3, 0.4) is 0 Å². The molecule has 1 N–H and O–H groups in total. The van der Waals surface area contributed by atoms with Crippen molar-refractivity contribution < 1.29 is 0 Å². The summed E-state index contributed by atoms with van der Waals surface area (Å²) in [7, 11) is 0. The molecule has 1 nitrogen and oxygen atoms in total. The van der Waals surface area contributed by atoms with E-state index in [0.717, 1.165) is 41.4 Å². The van der Waals surface area contributed by atoms with Gasteiger partial charge in [0.25, 0.3) is 0 Å². The molecule has 0 unspecified atom stereocenters. The Balaban J connectivity index is 2.24. The fourth-order valence-corrected chi connectivity index (χ4v) is 1.89. The Morgan fingerprint density at radius 3 is 2.43 bits per heavy atom. The molecule has 1 rings (SSSR count). The van der Waals surface area contributed by atoms with E-state index in [1.807, 2.05) is 0 Å². The molecule has 0 amide bonds. The van der Waals surface area contributed by atoms with E-state index in [4.69, 9.17) is 5.41 Å². The zero-order valence-corrected chi connectivity index (χ0v) is 8.76. The summed E-state index contributed by atoms with van der Waals surface area (Å²) in [5.41, 5.74) is 1.03. The molecule has 0 bridgehead atoms. The first kappa shape index (κ1) is 5.72. The van der Waals surface area contributed by atoms with Gasteiger partial charge in [0.15, 0.2) is 0 Å². The Hall–Kier alpha value is 0.592. The standard InChI is InChI=1S/C5H8N.Tl/c1-4(6)5-2-3-5;/h5-6H,1-3H2;. The summed E-state index contributed by atoms with van der Waals surface area (Å²) in [6.45, 7) is 0. The molecular weight excluding hydrogens is 278 g/mol. The Kier molecular flexibility index (Phi) is 1.83. The topological polar surface area (TPSA) is 23.9 Å². The van der Waals surface area contributed by atoms with E-state index in [1.165, 1.54) is 12.8 Å². The number of hydrogen-bond donors (Lipinski definition) is 1. The van der Waals surface area contributed by atoms with Gasteiger partial charge in [-0.25, -0.2) is 0 Å². The molecule has 1 aliphatic carbocycles. The third kappa shape index (κ3) is 1.51. The van der Waals surface area contributed by atoms with Gasteiger partial charge in [0.2, 0.25) is 0 Å². The van der Waals surface area contributed by atoms with Gasteiger partial charge >= 0.3 is 59.6 Å². The van der Waals surface area contributed by atoms with Gasteiger partial charge in [0, 0.05) is 0 Å². The molecule has 36 valence electrons. The number of nitrogens with one attached hydrogen (secondary N) is 1. The molecule has 7 heavy (non-hydrogen) atoms. The molecule has 1 saturated carbocycles. The van der Waals surface area contributed by atoms with Crippen molar-refractivity contribution in [2.24, 2.45) is 5.92 Å². The molecule has 0 aromatic carbocycles. The second kappa shape index (κ2) is 2.24. The van der Waals surface area contributed by atoms with E-state index in [9.17, 15) is 0 Å². The Labute approximate surface area is 59.7 Å². The van der Waals surface area contributed by atoms with Gasteiger partial charge in [-0.3, -0.25) is 0 Å². The molecule has 0 aromatic heterocycles. The van der Waals surface area contributed by atoms with Crippen LogP contribution in [0.15, 0.2) is 0 Å². The predicted octanol–water partition coefficient (Wildman–Crippen LogP) is 1.00. The van der Waals surface area contributed by atoms with Crippen molar-refractivity contribution in [2.75, 3.05) is 0 Å². The van der Waals surface area contributed by atoms with Gasteiger partial charge in [0.1, 0.15) is 0 Å². The number of hydrogen-bond acceptors (Lipinski definition) is 1. The van der Waals surface area contributed by atoms with Gasteiger partial charge in [-0.2, -0.15) is 0 Å². The fraction of sp³-hybridized carbons (Fsp3) is 0.800. The van der Waals surface area contributed by atoms with Crippen molar-refractivity contribution in [3.63, 3.8) is 0 Å². The molecule has 0 spiro atoms. The van der Waals surface area contributed by atoms with Gasteiger partial charge in [-0.15, -0.1) is 0 Å². The molecule has 0 atom stereocenters. The van der Waals surface area contributed by atoms with E-state index in [1.54, 1.807) is 0 Å². The summed E-state index contributed by atoms with van der Waals surface area (Å²) in [4.78, 5) is 0. The third-order valence-corrected chi connectivity index (χ3v) is 3.00. The average molecular weight is 287 g/mol. The number of rotatable bonds is 2. The van der Waals surface area contributed by atoms with E-state index in [2.05, 4.69) is 0 Å². The Bertz CT molecular complexity index is 86.1. The van der Waals surface area contributed by atoms with Crippen molar-refractivity contribution in [3.05, 3.63) is 0 Å². The van der Waals surface area contributed by atoms with Crippen molar-refractivity contribution >= 4 is 31.5 Å². The zero-order valence-electron chi connectivity index (χ0n) is 4.28. The van der Waals surface area contributed by atoms with Crippen LogP contribution in [0, 0.1) is 11.3 Å². The summed E-state index contributed by atoms with van der Waals surface area (Å²) < 4.78 is 1.13. The maximum absolute atomic E-state index is 7.30. The molecule has 0 saturated heterocycles. The summed E-state index contributed by atoms with van der Waals surface area (Å²) >= 11 is 1.01. The second-order valence-electron chi connectivity index (χ2n) is 2.00. The summed E-state index contributed by atoms with van der Waals surface area (Å²) in [5, 5.41) is 7.30. The van der Waals surface area contributed by atoms with Crippen LogP contribution in [0.25, 0.3) is 0 Å². The van der Waals surface area contributed by atoms with Crippen molar-refractivity contribution in [1.82, 2.24) is 0 Å².